The van der Waals surface area contributed by atoms with Crippen LogP contribution in [0.3, 0.4) is 0 Å². The zero-order valence-corrected chi connectivity index (χ0v) is 23.9. The molecule has 0 aliphatic carbocycles. The van der Waals surface area contributed by atoms with Gasteiger partial charge in [-0.1, -0.05) is 12.1 Å². The van der Waals surface area contributed by atoms with Gasteiger partial charge in [0, 0.05) is 26.7 Å². The molecule has 2 saturated heterocycles. The van der Waals surface area contributed by atoms with Crippen molar-refractivity contribution in [2.24, 2.45) is 5.92 Å². The first-order chi connectivity index (χ1) is 19.3. The van der Waals surface area contributed by atoms with E-state index in [0.717, 1.165) is 85.0 Å². The normalized spacial score (nSPS) is 18.6. The molecule has 2 fully saturated rings. The molecule has 1 N–H and O–H groups in total. The highest BCUT2D eigenvalue weighted by atomic mass is 16.5. The van der Waals surface area contributed by atoms with Crippen LogP contribution in [0.5, 0.6) is 0 Å². The van der Waals surface area contributed by atoms with Gasteiger partial charge >= 0.3 is 0 Å². The molecule has 1 aromatic carbocycles. The number of piperidine rings is 1. The monoisotopic (exact) mass is 545 g/mol. The summed E-state index contributed by atoms with van der Waals surface area (Å²) in [6.07, 6.45) is 1.74. The van der Waals surface area contributed by atoms with Gasteiger partial charge in [-0.05, 0) is 76.9 Å². The van der Waals surface area contributed by atoms with Crippen LogP contribution in [0.25, 0.3) is 28.0 Å². The number of rotatable bonds is 7. The van der Waals surface area contributed by atoms with E-state index in [1.807, 2.05) is 49.6 Å². The zero-order chi connectivity index (χ0) is 27.9. The molecular weight excluding hydrogens is 506 g/mol. The number of likely N-dealkylation sites (tertiary alicyclic amines) is 1. The van der Waals surface area contributed by atoms with E-state index in [0.29, 0.717) is 25.1 Å². The van der Waals surface area contributed by atoms with Crippen LogP contribution in [0.2, 0.25) is 0 Å². The Morgan fingerprint density at radius 1 is 0.975 bits per heavy atom. The van der Waals surface area contributed by atoms with Gasteiger partial charge in [-0.3, -0.25) is 9.47 Å². The van der Waals surface area contributed by atoms with Crippen LogP contribution in [0, 0.1) is 5.92 Å². The number of morpholine rings is 1. The molecule has 3 aromatic heterocycles. The standard InChI is InChI=1S/C30H39N7O3/c1-20(39-4)27-32-23-7-5-6-8-25(23)37(27)29-33-24-10-9-22(19-35-13-11-21(12-14-35)30(2,3)38)31-26(24)28(34-29)36-15-17-40-18-16-36/h5-10,20-21,38H,11-19H2,1-4H3/t20-/m0/s1. The Kier molecular flexibility index (Phi) is 7.43. The maximum Gasteiger partial charge on any atom is 0.238 e. The Morgan fingerprint density at radius 2 is 1.73 bits per heavy atom. The minimum Gasteiger partial charge on any atom is -0.390 e. The molecule has 0 unspecified atom stereocenters. The van der Waals surface area contributed by atoms with Crippen molar-refractivity contribution in [1.29, 1.82) is 0 Å². The zero-order valence-electron chi connectivity index (χ0n) is 23.9. The first kappa shape index (κ1) is 27.0. The third-order valence-corrected chi connectivity index (χ3v) is 8.36. The quantitative estimate of drug-likeness (QED) is 0.371. The molecule has 212 valence electrons. The fourth-order valence-electron chi connectivity index (χ4n) is 5.87. The van der Waals surface area contributed by atoms with E-state index in [4.69, 9.17) is 29.4 Å². The maximum absolute atomic E-state index is 10.4. The van der Waals surface area contributed by atoms with Gasteiger partial charge in [-0.25, -0.2) is 15.0 Å². The second-order valence-corrected chi connectivity index (χ2v) is 11.5. The van der Waals surface area contributed by atoms with Crippen molar-refractivity contribution in [3.05, 3.63) is 47.9 Å². The molecular formula is C30H39N7O3. The van der Waals surface area contributed by atoms with Crippen LogP contribution >= 0.6 is 0 Å². The van der Waals surface area contributed by atoms with Crippen molar-refractivity contribution >= 4 is 27.9 Å². The molecule has 0 bridgehead atoms. The molecule has 4 aromatic rings. The van der Waals surface area contributed by atoms with Crippen molar-refractivity contribution in [1.82, 2.24) is 29.4 Å². The lowest BCUT2D eigenvalue weighted by molar-refractivity contribution is -0.0137. The molecule has 10 heteroatoms. The van der Waals surface area contributed by atoms with E-state index in [1.165, 1.54) is 0 Å². The predicted molar refractivity (Wildman–Crippen MR) is 155 cm³/mol. The van der Waals surface area contributed by atoms with Gasteiger partial charge in [0.15, 0.2) is 5.82 Å². The third kappa shape index (κ3) is 5.28. The SMILES string of the molecule is CO[C@@H](C)c1nc2ccccc2n1-c1nc(N2CCOCC2)c2nc(CN3CCC(C(C)(C)O)CC3)ccc2n1. The third-order valence-electron chi connectivity index (χ3n) is 8.36. The van der Waals surface area contributed by atoms with Gasteiger partial charge in [0.2, 0.25) is 5.95 Å². The lowest BCUT2D eigenvalue weighted by Crippen LogP contribution is -2.41. The Hall–Kier alpha value is -3.18. The number of hydrogen-bond donors (Lipinski definition) is 1. The summed E-state index contributed by atoms with van der Waals surface area (Å²) in [6, 6.07) is 12.2. The number of imidazole rings is 1. The number of fused-ring (bicyclic) bond motifs is 2. The average molecular weight is 546 g/mol. The van der Waals surface area contributed by atoms with Crippen molar-refractivity contribution < 1.29 is 14.6 Å². The summed E-state index contributed by atoms with van der Waals surface area (Å²) in [7, 11) is 1.69. The minimum atomic E-state index is -0.628. The lowest BCUT2D eigenvalue weighted by Gasteiger charge is -2.37. The molecule has 0 spiro atoms. The van der Waals surface area contributed by atoms with Crippen molar-refractivity contribution in [3.63, 3.8) is 0 Å². The smallest absolute Gasteiger partial charge is 0.238 e. The average Bonchev–Trinajstić information content (AvgIpc) is 3.36. The van der Waals surface area contributed by atoms with E-state index in [1.54, 1.807) is 7.11 Å². The highest BCUT2D eigenvalue weighted by molar-refractivity contribution is 5.87. The number of anilines is 1. The maximum atomic E-state index is 10.4. The lowest BCUT2D eigenvalue weighted by atomic mass is 9.83. The number of para-hydroxylation sites is 2. The van der Waals surface area contributed by atoms with E-state index in [9.17, 15) is 5.11 Å². The number of nitrogens with zero attached hydrogens (tertiary/aromatic N) is 7. The molecule has 5 heterocycles. The molecule has 0 saturated carbocycles. The summed E-state index contributed by atoms with van der Waals surface area (Å²) in [5, 5.41) is 10.4. The Bertz CT molecular complexity index is 1480. The first-order valence-corrected chi connectivity index (χ1v) is 14.3. The molecule has 10 nitrogen and oxygen atoms in total. The summed E-state index contributed by atoms with van der Waals surface area (Å²) < 4.78 is 13.3. The molecule has 6 rings (SSSR count). The van der Waals surface area contributed by atoms with Gasteiger partial charge in [-0.15, -0.1) is 0 Å². The topological polar surface area (TPSA) is 102 Å². The van der Waals surface area contributed by atoms with Gasteiger partial charge in [0.25, 0.3) is 0 Å². The van der Waals surface area contributed by atoms with E-state index < -0.39 is 5.60 Å². The molecule has 1 atom stereocenters. The highest BCUT2D eigenvalue weighted by Crippen LogP contribution is 2.31. The number of benzene rings is 1. The number of ether oxygens (including phenoxy) is 2. The van der Waals surface area contributed by atoms with Gasteiger partial charge in [-0.2, -0.15) is 4.98 Å². The summed E-state index contributed by atoms with van der Waals surface area (Å²) in [6.45, 7) is 11.3. The van der Waals surface area contributed by atoms with E-state index in [-0.39, 0.29) is 6.10 Å². The van der Waals surface area contributed by atoms with E-state index >= 15 is 0 Å². The molecule has 0 amide bonds. The largest absolute Gasteiger partial charge is 0.390 e. The molecule has 40 heavy (non-hydrogen) atoms. The number of methoxy groups -OCH3 is 1. The van der Waals surface area contributed by atoms with Crippen LogP contribution in [-0.2, 0) is 16.0 Å². The fraction of sp³-hybridized carbons (Fsp3) is 0.533. The van der Waals surface area contributed by atoms with Crippen molar-refractivity contribution in [2.75, 3.05) is 51.4 Å². The fourth-order valence-corrected chi connectivity index (χ4v) is 5.87. The summed E-state index contributed by atoms with van der Waals surface area (Å²) in [5.74, 6) is 2.47. The van der Waals surface area contributed by atoms with Gasteiger partial charge in [0.1, 0.15) is 17.4 Å². The summed E-state index contributed by atoms with van der Waals surface area (Å²) >= 11 is 0. The second kappa shape index (κ2) is 11.0. The van der Waals surface area contributed by atoms with E-state index in [2.05, 4.69) is 21.9 Å². The van der Waals surface area contributed by atoms with Gasteiger partial charge < -0.3 is 19.5 Å². The Morgan fingerprint density at radius 3 is 2.45 bits per heavy atom. The number of hydrogen-bond acceptors (Lipinski definition) is 9. The summed E-state index contributed by atoms with van der Waals surface area (Å²) in [5.41, 5.74) is 3.79. The van der Waals surface area contributed by atoms with Crippen LogP contribution in [-0.4, -0.2) is 86.6 Å². The van der Waals surface area contributed by atoms with Crippen LogP contribution in [0.1, 0.15) is 51.2 Å². The van der Waals surface area contributed by atoms with Gasteiger partial charge in [0.05, 0.1) is 41.1 Å². The van der Waals surface area contributed by atoms with Crippen molar-refractivity contribution in [3.8, 4) is 5.95 Å². The number of aliphatic hydroxyl groups is 1. The van der Waals surface area contributed by atoms with Crippen LogP contribution in [0.15, 0.2) is 36.4 Å². The predicted octanol–water partition coefficient (Wildman–Crippen LogP) is 3.89. The molecule has 2 aliphatic heterocycles. The van der Waals surface area contributed by atoms with Crippen molar-refractivity contribution in [2.45, 2.75) is 51.9 Å². The number of aromatic nitrogens is 5. The number of pyridine rings is 1. The molecule has 0 radical (unpaired) electrons. The Balaban J connectivity index is 1.40. The Labute approximate surface area is 235 Å². The first-order valence-electron chi connectivity index (χ1n) is 14.3. The molecule has 2 aliphatic rings. The minimum absolute atomic E-state index is 0.236. The summed E-state index contributed by atoms with van der Waals surface area (Å²) in [4.78, 5) is 24.8. The van der Waals surface area contributed by atoms with Crippen LogP contribution in [0.4, 0.5) is 5.82 Å². The second-order valence-electron chi connectivity index (χ2n) is 11.5. The van der Waals surface area contributed by atoms with Crippen LogP contribution < -0.4 is 4.90 Å². The highest BCUT2D eigenvalue weighted by Gasteiger charge is 2.31.